The zero-order valence-corrected chi connectivity index (χ0v) is 23.7. The molecule has 2 fully saturated rings. The lowest BCUT2D eigenvalue weighted by atomic mass is 9.92. The molecule has 2 amide bonds. The van der Waals surface area contributed by atoms with Crippen LogP contribution in [-0.4, -0.2) is 87.3 Å². The largest absolute Gasteiger partial charge is 0.385 e. The number of carbonyl (C=O) groups is 2. The molecule has 2 saturated heterocycles. The number of anilines is 1. The molecule has 3 aliphatic heterocycles. The number of carbonyl (C=O) groups excluding carboxylic acids is 2. The minimum atomic E-state index is -0.378. The molecule has 218 valence electrons. The summed E-state index contributed by atoms with van der Waals surface area (Å²) in [6, 6.07) is 6.37. The minimum absolute atomic E-state index is 0. The van der Waals surface area contributed by atoms with Gasteiger partial charge in [-0.25, -0.2) is 4.39 Å². The highest BCUT2D eigenvalue weighted by molar-refractivity contribution is 5.95. The lowest BCUT2D eigenvalue weighted by molar-refractivity contribution is -0.142. The van der Waals surface area contributed by atoms with Gasteiger partial charge in [-0.15, -0.1) is 17.9 Å². The van der Waals surface area contributed by atoms with Crippen molar-refractivity contribution in [2.45, 2.75) is 45.1 Å². The fourth-order valence-corrected chi connectivity index (χ4v) is 5.38. The normalized spacial score (nSPS) is 21.4. The van der Waals surface area contributed by atoms with Crippen LogP contribution in [-0.2, 0) is 19.1 Å². The van der Waals surface area contributed by atoms with Gasteiger partial charge in [-0.05, 0) is 44.2 Å². The van der Waals surface area contributed by atoms with Crippen molar-refractivity contribution in [3.05, 3.63) is 41.5 Å². The third kappa shape index (κ3) is 7.61. The molecule has 1 aromatic carbocycles. The standard InChI is InChI=1S/C27H41FN6O4.ClH/c1-3-11-33(21-17-20(18-29-19-21)26(35)32-12-15-38-16-13-32)27(36)25-24(10-6-7-14-37-2)34(31-30-25)23-9-5-4-8-22(23)28;/h4-5,8-9,20-21,29-31H,3,6-7,10-19H2,1-2H3;1H/t20-,21+;/m1./s1. The van der Waals surface area contributed by atoms with Gasteiger partial charge >= 0.3 is 0 Å². The molecule has 0 saturated carbocycles. The molecule has 0 radical (unpaired) electrons. The van der Waals surface area contributed by atoms with E-state index in [9.17, 15) is 14.0 Å². The topological polar surface area (TPSA) is 98.4 Å². The van der Waals surface area contributed by atoms with Crippen molar-refractivity contribution in [3.8, 4) is 0 Å². The summed E-state index contributed by atoms with van der Waals surface area (Å²) >= 11 is 0. The number of piperidine rings is 1. The van der Waals surface area contributed by atoms with E-state index in [4.69, 9.17) is 9.47 Å². The number of hydrazine groups is 2. The van der Waals surface area contributed by atoms with Crippen molar-refractivity contribution < 1.29 is 23.5 Å². The molecule has 0 aromatic heterocycles. The zero-order valence-electron chi connectivity index (χ0n) is 22.9. The number of benzene rings is 1. The summed E-state index contributed by atoms with van der Waals surface area (Å²) in [5, 5.41) is 5.02. The first-order valence-electron chi connectivity index (χ1n) is 13.7. The molecular weight excluding hydrogens is 527 g/mol. The molecule has 10 nitrogen and oxygen atoms in total. The number of amides is 2. The van der Waals surface area contributed by atoms with Crippen molar-refractivity contribution in [2.75, 3.05) is 64.7 Å². The van der Waals surface area contributed by atoms with Gasteiger partial charge in [0.15, 0.2) is 0 Å². The number of hydrogen-bond acceptors (Lipinski definition) is 8. The molecule has 0 aliphatic carbocycles. The van der Waals surface area contributed by atoms with Gasteiger partial charge in [-0.2, -0.15) is 0 Å². The predicted octanol–water partition coefficient (Wildman–Crippen LogP) is 2.18. The Hall–Kier alpha value is -2.44. The van der Waals surface area contributed by atoms with Crippen LogP contribution in [0.25, 0.3) is 0 Å². The number of ether oxygens (including phenoxy) is 2. The maximum atomic E-state index is 14.7. The van der Waals surface area contributed by atoms with Gasteiger partial charge < -0.3 is 24.6 Å². The van der Waals surface area contributed by atoms with Crippen LogP contribution in [0.1, 0.15) is 39.0 Å². The molecule has 0 spiro atoms. The molecule has 1 aromatic rings. The van der Waals surface area contributed by atoms with Crippen molar-refractivity contribution in [1.29, 1.82) is 0 Å². The molecule has 4 rings (SSSR count). The van der Waals surface area contributed by atoms with Crippen LogP contribution in [0.15, 0.2) is 35.7 Å². The summed E-state index contributed by atoms with van der Waals surface area (Å²) in [6.07, 6.45) is 3.56. The zero-order chi connectivity index (χ0) is 26.9. The van der Waals surface area contributed by atoms with E-state index < -0.39 is 0 Å². The number of morpholine rings is 1. The van der Waals surface area contributed by atoms with Gasteiger partial charge in [0.05, 0.1) is 30.5 Å². The summed E-state index contributed by atoms with van der Waals surface area (Å²) in [7, 11) is 1.66. The second kappa shape index (κ2) is 15.4. The van der Waals surface area contributed by atoms with E-state index in [1.165, 1.54) is 6.07 Å². The first-order chi connectivity index (χ1) is 18.5. The van der Waals surface area contributed by atoms with E-state index in [1.54, 1.807) is 30.3 Å². The number of allylic oxidation sites excluding steroid dienone is 1. The second-order valence-corrected chi connectivity index (χ2v) is 9.98. The minimum Gasteiger partial charge on any atom is -0.385 e. The van der Waals surface area contributed by atoms with Crippen molar-refractivity contribution in [3.63, 3.8) is 0 Å². The fourth-order valence-electron chi connectivity index (χ4n) is 5.38. The number of unbranched alkanes of at least 4 members (excludes halogenated alkanes) is 1. The lowest BCUT2D eigenvalue weighted by Gasteiger charge is -2.39. The second-order valence-electron chi connectivity index (χ2n) is 9.98. The van der Waals surface area contributed by atoms with E-state index >= 15 is 0 Å². The highest BCUT2D eigenvalue weighted by Crippen LogP contribution is 2.29. The number of hydrogen-bond donors (Lipinski definition) is 3. The molecule has 3 N–H and O–H groups in total. The summed E-state index contributed by atoms with van der Waals surface area (Å²) in [5.74, 6) is -0.590. The summed E-state index contributed by atoms with van der Waals surface area (Å²) in [4.78, 5) is 31.0. The lowest BCUT2D eigenvalue weighted by Crippen LogP contribution is -2.56. The molecule has 12 heteroatoms. The summed E-state index contributed by atoms with van der Waals surface area (Å²) in [5.41, 5.74) is 7.51. The van der Waals surface area contributed by atoms with Crippen LogP contribution in [0.3, 0.4) is 0 Å². The Balaban J connectivity index is 0.00000420. The third-order valence-corrected chi connectivity index (χ3v) is 7.34. The van der Waals surface area contributed by atoms with E-state index in [-0.39, 0.29) is 42.0 Å². The van der Waals surface area contributed by atoms with Crippen molar-refractivity contribution in [2.24, 2.45) is 5.92 Å². The van der Waals surface area contributed by atoms with Crippen LogP contribution in [0.2, 0.25) is 0 Å². The van der Waals surface area contributed by atoms with E-state index in [0.29, 0.717) is 82.5 Å². The fraction of sp³-hybridized carbons (Fsp3) is 0.630. The number of nitrogens with zero attached hydrogens (tertiary/aromatic N) is 3. The molecular formula is C27H42ClFN6O4. The monoisotopic (exact) mass is 568 g/mol. The van der Waals surface area contributed by atoms with Gasteiger partial charge in [-0.3, -0.25) is 20.0 Å². The number of rotatable bonds is 11. The van der Waals surface area contributed by atoms with Crippen LogP contribution in [0.4, 0.5) is 10.1 Å². The van der Waals surface area contributed by atoms with Gasteiger partial charge in [0, 0.05) is 52.5 Å². The Kier molecular flexibility index (Phi) is 12.3. The number of para-hydroxylation sites is 1. The maximum Gasteiger partial charge on any atom is 0.273 e. The number of nitrogens with one attached hydrogen (secondary N) is 3. The Morgan fingerprint density at radius 2 is 1.95 bits per heavy atom. The van der Waals surface area contributed by atoms with Gasteiger partial charge in [0.25, 0.3) is 5.91 Å². The van der Waals surface area contributed by atoms with E-state index in [0.717, 1.165) is 19.3 Å². The molecule has 0 unspecified atom stereocenters. The van der Waals surface area contributed by atoms with Gasteiger partial charge in [0.1, 0.15) is 11.5 Å². The Labute approximate surface area is 236 Å². The van der Waals surface area contributed by atoms with Crippen LogP contribution < -0.4 is 21.3 Å². The summed E-state index contributed by atoms with van der Waals surface area (Å²) < 4.78 is 25.3. The molecule has 2 atom stereocenters. The quantitative estimate of drug-likeness (QED) is 0.350. The average Bonchev–Trinajstić information content (AvgIpc) is 3.37. The molecule has 3 aliphatic rings. The van der Waals surface area contributed by atoms with Gasteiger partial charge in [-0.1, -0.05) is 19.1 Å². The molecule has 39 heavy (non-hydrogen) atoms. The van der Waals surface area contributed by atoms with E-state index in [1.807, 2.05) is 16.7 Å². The molecule has 3 heterocycles. The third-order valence-electron chi connectivity index (χ3n) is 7.34. The van der Waals surface area contributed by atoms with Gasteiger partial charge in [0.2, 0.25) is 5.91 Å². The Morgan fingerprint density at radius 3 is 2.67 bits per heavy atom. The van der Waals surface area contributed by atoms with Crippen LogP contribution >= 0.6 is 12.4 Å². The average molecular weight is 569 g/mol. The van der Waals surface area contributed by atoms with E-state index in [2.05, 4.69) is 16.3 Å². The van der Waals surface area contributed by atoms with Crippen LogP contribution in [0.5, 0.6) is 0 Å². The first kappa shape index (κ1) is 31.1. The Bertz CT molecular complexity index is 993. The highest BCUT2D eigenvalue weighted by atomic mass is 35.5. The van der Waals surface area contributed by atoms with Crippen LogP contribution in [0, 0.1) is 11.7 Å². The Morgan fingerprint density at radius 1 is 1.18 bits per heavy atom. The van der Waals surface area contributed by atoms with Crippen molar-refractivity contribution >= 4 is 29.9 Å². The smallest absolute Gasteiger partial charge is 0.273 e. The summed E-state index contributed by atoms with van der Waals surface area (Å²) in [6.45, 7) is 6.80. The number of halogens is 2. The SMILES string of the molecule is CCCN(C(=O)C1=C(CCCCOC)N(c2ccccc2F)NN1)[C@@H]1CNC[C@H](C(=O)N2CCOCC2)C1.Cl. The first-order valence-corrected chi connectivity index (χ1v) is 13.7. The maximum absolute atomic E-state index is 14.7. The number of methoxy groups -OCH3 is 1. The molecule has 0 bridgehead atoms. The van der Waals surface area contributed by atoms with Crippen molar-refractivity contribution in [1.82, 2.24) is 26.1 Å². The predicted molar refractivity (Wildman–Crippen MR) is 149 cm³/mol. The highest BCUT2D eigenvalue weighted by Gasteiger charge is 2.38.